The van der Waals surface area contributed by atoms with Gasteiger partial charge in [0.2, 0.25) is 0 Å². The molecule has 0 aliphatic carbocycles. The Hall–Kier alpha value is -0.670. The molecular formula is C14H21NOS. The van der Waals surface area contributed by atoms with E-state index in [4.69, 9.17) is 4.74 Å². The van der Waals surface area contributed by atoms with Crippen molar-refractivity contribution in [3.63, 3.8) is 0 Å². The zero-order valence-corrected chi connectivity index (χ0v) is 11.4. The first-order valence-corrected chi connectivity index (χ1v) is 7.40. The molecular weight excluding hydrogens is 230 g/mol. The molecule has 0 aromatic heterocycles. The van der Waals surface area contributed by atoms with E-state index in [1.807, 2.05) is 12.1 Å². The molecule has 17 heavy (non-hydrogen) atoms. The van der Waals surface area contributed by atoms with Crippen LogP contribution < -0.4 is 10.1 Å². The first-order valence-electron chi connectivity index (χ1n) is 6.25. The summed E-state index contributed by atoms with van der Waals surface area (Å²) in [6, 6.07) is 9.50. The van der Waals surface area contributed by atoms with Crippen LogP contribution in [0.1, 0.15) is 18.9 Å². The van der Waals surface area contributed by atoms with Gasteiger partial charge in [-0.25, -0.2) is 0 Å². The van der Waals surface area contributed by atoms with Crippen LogP contribution in [0.3, 0.4) is 0 Å². The van der Waals surface area contributed by atoms with E-state index >= 15 is 0 Å². The fourth-order valence-electron chi connectivity index (χ4n) is 2.33. The number of methoxy groups -OCH3 is 1. The van der Waals surface area contributed by atoms with Crippen LogP contribution in [0.2, 0.25) is 0 Å². The summed E-state index contributed by atoms with van der Waals surface area (Å²) in [5.41, 5.74) is 1.29. The van der Waals surface area contributed by atoms with Gasteiger partial charge in [0.25, 0.3) is 0 Å². The number of benzene rings is 1. The average molecular weight is 251 g/mol. The van der Waals surface area contributed by atoms with Crippen LogP contribution >= 0.6 is 11.8 Å². The summed E-state index contributed by atoms with van der Waals surface area (Å²) in [6.45, 7) is 2.26. The van der Waals surface area contributed by atoms with Gasteiger partial charge in [-0.2, -0.15) is 11.8 Å². The smallest absolute Gasteiger partial charge is 0.122 e. The standard InChI is InChI=1S/C14H21NOS/c1-11(15-13-7-8-17-10-13)9-12-5-3-4-6-14(12)16-2/h3-6,11,13,15H,7-10H2,1-2H3. The van der Waals surface area contributed by atoms with Gasteiger partial charge in [-0.05, 0) is 37.1 Å². The lowest BCUT2D eigenvalue weighted by Crippen LogP contribution is -2.37. The lowest BCUT2D eigenvalue weighted by Gasteiger charge is -2.19. The van der Waals surface area contributed by atoms with Crippen LogP contribution in [0.5, 0.6) is 5.75 Å². The van der Waals surface area contributed by atoms with Crippen molar-refractivity contribution in [2.75, 3.05) is 18.6 Å². The number of nitrogens with one attached hydrogen (secondary N) is 1. The summed E-state index contributed by atoms with van der Waals surface area (Å²) in [6.07, 6.45) is 2.34. The molecule has 2 unspecified atom stereocenters. The highest BCUT2D eigenvalue weighted by molar-refractivity contribution is 7.99. The SMILES string of the molecule is COc1ccccc1CC(C)NC1CCSC1. The number of rotatable bonds is 5. The van der Waals surface area contributed by atoms with Gasteiger partial charge in [-0.1, -0.05) is 18.2 Å². The first-order chi connectivity index (χ1) is 8.29. The zero-order valence-electron chi connectivity index (χ0n) is 10.6. The maximum absolute atomic E-state index is 5.38. The predicted octanol–water partition coefficient (Wildman–Crippen LogP) is 2.72. The second-order valence-electron chi connectivity index (χ2n) is 4.64. The van der Waals surface area contributed by atoms with Crippen molar-refractivity contribution >= 4 is 11.8 Å². The Labute approximate surface area is 108 Å². The molecule has 3 heteroatoms. The zero-order chi connectivity index (χ0) is 12.1. The van der Waals surface area contributed by atoms with Crippen LogP contribution in [-0.2, 0) is 6.42 Å². The highest BCUT2D eigenvalue weighted by atomic mass is 32.2. The van der Waals surface area contributed by atoms with Crippen LogP contribution in [0.15, 0.2) is 24.3 Å². The Morgan fingerprint density at radius 2 is 2.29 bits per heavy atom. The monoisotopic (exact) mass is 251 g/mol. The first kappa shape index (κ1) is 12.8. The Morgan fingerprint density at radius 3 is 3.00 bits per heavy atom. The summed E-state index contributed by atoms with van der Waals surface area (Å²) in [4.78, 5) is 0. The van der Waals surface area contributed by atoms with Crippen LogP contribution in [-0.4, -0.2) is 30.7 Å². The molecule has 2 nitrogen and oxygen atoms in total. The number of para-hydroxylation sites is 1. The maximum Gasteiger partial charge on any atom is 0.122 e. The Balaban J connectivity index is 1.90. The number of hydrogen-bond donors (Lipinski definition) is 1. The third-order valence-corrected chi connectivity index (χ3v) is 4.33. The van der Waals surface area contributed by atoms with E-state index in [9.17, 15) is 0 Å². The molecule has 0 saturated carbocycles. The van der Waals surface area contributed by atoms with Gasteiger partial charge in [-0.3, -0.25) is 0 Å². The fourth-order valence-corrected chi connectivity index (χ4v) is 3.49. The molecule has 1 heterocycles. The van der Waals surface area contributed by atoms with Crippen LogP contribution in [0.25, 0.3) is 0 Å². The molecule has 0 spiro atoms. The molecule has 2 rings (SSSR count). The van der Waals surface area contributed by atoms with Crippen molar-refractivity contribution < 1.29 is 4.74 Å². The minimum atomic E-state index is 0.509. The number of ether oxygens (including phenoxy) is 1. The average Bonchev–Trinajstić information content (AvgIpc) is 2.82. The summed E-state index contributed by atoms with van der Waals surface area (Å²) < 4.78 is 5.38. The van der Waals surface area contributed by atoms with E-state index in [2.05, 4.69) is 36.1 Å². The molecule has 0 radical (unpaired) electrons. The second-order valence-corrected chi connectivity index (χ2v) is 5.79. The van der Waals surface area contributed by atoms with Gasteiger partial charge in [0.15, 0.2) is 0 Å². The number of hydrogen-bond acceptors (Lipinski definition) is 3. The molecule has 1 aliphatic rings. The topological polar surface area (TPSA) is 21.3 Å². The van der Waals surface area contributed by atoms with Crippen LogP contribution in [0.4, 0.5) is 0 Å². The highest BCUT2D eigenvalue weighted by Crippen LogP contribution is 2.21. The normalized spacial score (nSPS) is 21.4. The van der Waals surface area contributed by atoms with Gasteiger partial charge in [0, 0.05) is 17.8 Å². The summed E-state index contributed by atoms with van der Waals surface area (Å²) >= 11 is 2.05. The third-order valence-electron chi connectivity index (χ3n) is 3.17. The molecule has 94 valence electrons. The Morgan fingerprint density at radius 1 is 1.47 bits per heavy atom. The van der Waals surface area contributed by atoms with Crippen molar-refractivity contribution in [2.45, 2.75) is 31.8 Å². The highest BCUT2D eigenvalue weighted by Gasteiger charge is 2.17. The molecule has 1 aromatic carbocycles. The molecule has 1 aliphatic heterocycles. The lowest BCUT2D eigenvalue weighted by molar-refractivity contribution is 0.403. The number of thioether (sulfide) groups is 1. The van der Waals surface area contributed by atoms with Crippen molar-refractivity contribution in [1.29, 1.82) is 0 Å². The Kier molecular flexibility index (Phi) is 4.75. The van der Waals surface area contributed by atoms with E-state index < -0.39 is 0 Å². The maximum atomic E-state index is 5.38. The molecule has 0 bridgehead atoms. The fraction of sp³-hybridized carbons (Fsp3) is 0.571. The van der Waals surface area contributed by atoms with E-state index in [1.54, 1.807) is 7.11 Å². The van der Waals surface area contributed by atoms with Gasteiger partial charge >= 0.3 is 0 Å². The lowest BCUT2D eigenvalue weighted by atomic mass is 10.1. The Bertz CT molecular complexity index is 350. The minimum absolute atomic E-state index is 0.509. The summed E-state index contributed by atoms with van der Waals surface area (Å²) in [7, 11) is 1.74. The van der Waals surface area contributed by atoms with Crippen molar-refractivity contribution in [2.24, 2.45) is 0 Å². The minimum Gasteiger partial charge on any atom is -0.496 e. The molecule has 1 saturated heterocycles. The van der Waals surface area contributed by atoms with Crippen molar-refractivity contribution in [3.05, 3.63) is 29.8 Å². The van der Waals surface area contributed by atoms with Crippen LogP contribution in [0, 0.1) is 0 Å². The summed E-state index contributed by atoms with van der Waals surface area (Å²) in [5.74, 6) is 3.57. The van der Waals surface area contributed by atoms with E-state index in [0.29, 0.717) is 12.1 Å². The van der Waals surface area contributed by atoms with Gasteiger partial charge < -0.3 is 10.1 Å². The third kappa shape index (κ3) is 3.65. The molecule has 1 aromatic rings. The quantitative estimate of drug-likeness (QED) is 0.869. The second kappa shape index (κ2) is 6.31. The molecule has 2 atom stereocenters. The van der Waals surface area contributed by atoms with Crippen molar-refractivity contribution in [1.82, 2.24) is 5.32 Å². The van der Waals surface area contributed by atoms with Gasteiger partial charge in [0.05, 0.1) is 7.11 Å². The predicted molar refractivity (Wildman–Crippen MR) is 75.0 cm³/mol. The van der Waals surface area contributed by atoms with E-state index in [1.165, 1.54) is 23.5 Å². The summed E-state index contributed by atoms with van der Waals surface area (Å²) in [5, 5.41) is 3.70. The van der Waals surface area contributed by atoms with Gasteiger partial charge in [-0.15, -0.1) is 0 Å². The van der Waals surface area contributed by atoms with Gasteiger partial charge in [0.1, 0.15) is 5.75 Å². The van der Waals surface area contributed by atoms with Crippen molar-refractivity contribution in [3.8, 4) is 5.75 Å². The van der Waals surface area contributed by atoms with E-state index in [0.717, 1.165) is 12.2 Å². The molecule has 0 amide bonds. The largest absolute Gasteiger partial charge is 0.496 e. The van der Waals surface area contributed by atoms with E-state index in [-0.39, 0.29) is 0 Å². The molecule has 1 N–H and O–H groups in total. The molecule has 1 fully saturated rings.